The van der Waals surface area contributed by atoms with Crippen LogP contribution in [0.4, 0.5) is 13.2 Å². The largest absolute Gasteiger partial charge is 0.316 e. The second-order valence-corrected chi connectivity index (χ2v) is 3.69. The van der Waals surface area contributed by atoms with Gasteiger partial charge in [0.2, 0.25) is 0 Å². The van der Waals surface area contributed by atoms with Gasteiger partial charge in [0, 0.05) is 0 Å². The van der Waals surface area contributed by atoms with Gasteiger partial charge in [-0.1, -0.05) is 11.8 Å². The van der Waals surface area contributed by atoms with Gasteiger partial charge < -0.3 is 5.73 Å². The summed E-state index contributed by atoms with van der Waals surface area (Å²) >= 11 is 0. The fraction of sp³-hybridized carbons (Fsp3) is 0.273. The van der Waals surface area contributed by atoms with Gasteiger partial charge in [-0.2, -0.15) is 0 Å². The Morgan fingerprint density at radius 2 is 1.73 bits per heavy atom. The van der Waals surface area contributed by atoms with E-state index in [0.717, 1.165) is 12.1 Å². The Hall–Kier alpha value is -1.47. The van der Waals surface area contributed by atoms with Crippen LogP contribution in [0.3, 0.4) is 0 Å². The molecule has 1 rings (SSSR count). The first-order valence-electron chi connectivity index (χ1n) is 4.27. The van der Waals surface area contributed by atoms with Crippen LogP contribution < -0.4 is 5.73 Å². The van der Waals surface area contributed by atoms with Crippen LogP contribution in [0.15, 0.2) is 12.1 Å². The van der Waals surface area contributed by atoms with E-state index >= 15 is 0 Å². The van der Waals surface area contributed by atoms with E-state index < -0.39 is 23.0 Å². The van der Waals surface area contributed by atoms with Gasteiger partial charge in [-0.25, -0.2) is 13.2 Å². The fourth-order valence-electron chi connectivity index (χ4n) is 0.851. The van der Waals surface area contributed by atoms with Crippen molar-refractivity contribution in [3.8, 4) is 11.8 Å². The topological polar surface area (TPSA) is 26.0 Å². The summed E-state index contributed by atoms with van der Waals surface area (Å²) < 4.78 is 38.4. The lowest BCUT2D eigenvalue weighted by molar-refractivity contribution is 0.445. The van der Waals surface area contributed by atoms with Crippen LogP contribution in [-0.2, 0) is 0 Å². The van der Waals surface area contributed by atoms with Gasteiger partial charge in [-0.3, -0.25) is 0 Å². The molecule has 0 bridgehead atoms. The molecule has 0 aliphatic rings. The van der Waals surface area contributed by atoms with Crippen LogP contribution in [0.1, 0.15) is 19.4 Å². The van der Waals surface area contributed by atoms with Crippen LogP contribution in [-0.4, -0.2) is 5.54 Å². The SMILES string of the molecule is CC(C)(N)C#Cc1ccc(F)c(F)c1F. The molecule has 0 saturated heterocycles. The molecule has 0 atom stereocenters. The summed E-state index contributed by atoms with van der Waals surface area (Å²) in [4.78, 5) is 0. The standard InChI is InChI=1S/C11H10F3N/c1-11(2,15)6-5-7-3-4-8(12)10(14)9(7)13/h3-4H,15H2,1-2H3. The van der Waals surface area contributed by atoms with E-state index in [4.69, 9.17) is 5.73 Å². The first-order valence-corrected chi connectivity index (χ1v) is 4.27. The normalized spacial score (nSPS) is 10.8. The molecule has 80 valence electrons. The average Bonchev–Trinajstić information content (AvgIpc) is 2.12. The van der Waals surface area contributed by atoms with Crippen LogP contribution in [0.25, 0.3) is 0 Å². The number of benzene rings is 1. The Labute approximate surface area is 86.1 Å². The molecule has 2 N–H and O–H groups in total. The Morgan fingerprint density at radius 3 is 2.27 bits per heavy atom. The van der Waals surface area contributed by atoms with Gasteiger partial charge in [0.15, 0.2) is 17.5 Å². The maximum atomic E-state index is 13.1. The lowest BCUT2D eigenvalue weighted by Crippen LogP contribution is -2.29. The van der Waals surface area contributed by atoms with Crippen molar-refractivity contribution >= 4 is 0 Å². The van der Waals surface area contributed by atoms with Crippen molar-refractivity contribution in [2.75, 3.05) is 0 Å². The monoisotopic (exact) mass is 213 g/mol. The van der Waals surface area contributed by atoms with Crippen LogP contribution >= 0.6 is 0 Å². The first kappa shape index (κ1) is 11.6. The van der Waals surface area contributed by atoms with E-state index in [1.165, 1.54) is 0 Å². The molecule has 0 unspecified atom stereocenters. The van der Waals surface area contributed by atoms with Gasteiger partial charge in [-0.05, 0) is 26.0 Å². The van der Waals surface area contributed by atoms with E-state index in [1.54, 1.807) is 13.8 Å². The summed E-state index contributed by atoms with van der Waals surface area (Å²) in [6.07, 6.45) is 0. The molecule has 0 saturated carbocycles. The number of hydrogen-bond donors (Lipinski definition) is 1. The van der Waals surface area contributed by atoms with E-state index in [0.29, 0.717) is 0 Å². The molecular formula is C11H10F3N. The van der Waals surface area contributed by atoms with Crippen LogP contribution in [0.5, 0.6) is 0 Å². The third-order valence-electron chi connectivity index (χ3n) is 1.55. The third-order valence-corrected chi connectivity index (χ3v) is 1.55. The highest BCUT2D eigenvalue weighted by atomic mass is 19.2. The zero-order chi connectivity index (χ0) is 11.6. The minimum atomic E-state index is -1.52. The van der Waals surface area contributed by atoms with Gasteiger partial charge in [0.05, 0.1) is 11.1 Å². The van der Waals surface area contributed by atoms with Crippen molar-refractivity contribution in [1.29, 1.82) is 0 Å². The third kappa shape index (κ3) is 3.00. The average molecular weight is 213 g/mol. The number of hydrogen-bond acceptors (Lipinski definition) is 1. The molecule has 0 heterocycles. The van der Waals surface area contributed by atoms with E-state index in [2.05, 4.69) is 11.8 Å². The zero-order valence-electron chi connectivity index (χ0n) is 8.37. The summed E-state index contributed by atoms with van der Waals surface area (Å²) in [5.74, 6) is 0.855. The predicted octanol–water partition coefficient (Wildman–Crippen LogP) is 2.19. The van der Waals surface area contributed by atoms with Crippen LogP contribution in [0.2, 0.25) is 0 Å². The summed E-state index contributed by atoms with van der Waals surface area (Å²) in [6, 6.07) is 1.90. The summed E-state index contributed by atoms with van der Waals surface area (Å²) in [5.41, 5.74) is 4.53. The highest BCUT2D eigenvalue weighted by molar-refractivity contribution is 5.38. The van der Waals surface area contributed by atoms with Crippen molar-refractivity contribution in [3.05, 3.63) is 35.1 Å². The Kier molecular flexibility index (Phi) is 3.06. The molecule has 0 aliphatic heterocycles. The van der Waals surface area contributed by atoms with Crippen molar-refractivity contribution in [3.63, 3.8) is 0 Å². The molecule has 4 heteroatoms. The zero-order valence-corrected chi connectivity index (χ0v) is 8.37. The van der Waals surface area contributed by atoms with Crippen molar-refractivity contribution in [2.24, 2.45) is 5.73 Å². The molecule has 0 radical (unpaired) electrons. The van der Waals surface area contributed by atoms with Gasteiger partial charge >= 0.3 is 0 Å². The Morgan fingerprint density at radius 1 is 1.13 bits per heavy atom. The maximum absolute atomic E-state index is 13.1. The molecule has 15 heavy (non-hydrogen) atoms. The Balaban J connectivity index is 3.17. The van der Waals surface area contributed by atoms with Gasteiger partial charge in [-0.15, -0.1) is 0 Å². The fourth-order valence-corrected chi connectivity index (χ4v) is 0.851. The first-order chi connectivity index (χ1) is 6.81. The maximum Gasteiger partial charge on any atom is 0.195 e. The number of nitrogens with two attached hydrogens (primary N) is 1. The number of rotatable bonds is 0. The minimum absolute atomic E-state index is 0.201. The molecule has 0 spiro atoms. The molecule has 0 amide bonds. The van der Waals surface area contributed by atoms with E-state index in [-0.39, 0.29) is 5.56 Å². The van der Waals surface area contributed by atoms with Crippen molar-refractivity contribution in [1.82, 2.24) is 0 Å². The molecule has 1 nitrogen and oxygen atoms in total. The minimum Gasteiger partial charge on any atom is -0.316 e. The van der Waals surface area contributed by atoms with Gasteiger partial charge in [0.1, 0.15) is 0 Å². The molecular weight excluding hydrogens is 203 g/mol. The van der Waals surface area contributed by atoms with E-state index in [9.17, 15) is 13.2 Å². The molecule has 1 aromatic carbocycles. The lowest BCUT2D eigenvalue weighted by atomic mass is 10.1. The second kappa shape index (κ2) is 3.95. The molecule has 0 aromatic heterocycles. The summed E-state index contributed by atoms with van der Waals surface area (Å²) in [6.45, 7) is 3.25. The molecule has 0 fully saturated rings. The smallest absolute Gasteiger partial charge is 0.195 e. The van der Waals surface area contributed by atoms with Crippen molar-refractivity contribution < 1.29 is 13.2 Å². The highest BCUT2D eigenvalue weighted by Gasteiger charge is 2.12. The second-order valence-electron chi connectivity index (χ2n) is 3.69. The summed E-state index contributed by atoms with van der Waals surface area (Å²) in [5, 5.41) is 0. The van der Waals surface area contributed by atoms with Crippen LogP contribution in [0, 0.1) is 29.3 Å². The lowest BCUT2D eigenvalue weighted by Gasteiger charge is -2.07. The van der Waals surface area contributed by atoms with Gasteiger partial charge in [0.25, 0.3) is 0 Å². The molecule has 1 aromatic rings. The quantitative estimate of drug-likeness (QED) is 0.519. The summed E-state index contributed by atoms with van der Waals surface area (Å²) in [7, 11) is 0. The van der Waals surface area contributed by atoms with E-state index in [1.807, 2.05) is 0 Å². The van der Waals surface area contributed by atoms with Crippen molar-refractivity contribution in [2.45, 2.75) is 19.4 Å². The Bertz CT molecular complexity index is 436. The number of halogens is 3. The predicted molar refractivity (Wildman–Crippen MR) is 51.5 cm³/mol. The highest BCUT2D eigenvalue weighted by Crippen LogP contribution is 2.14. The molecule has 0 aliphatic carbocycles.